The number of likely N-dealkylation sites (tertiary alicyclic amines) is 1. The minimum absolute atomic E-state index is 0.0549. The fourth-order valence-electron chi connectivity index (χ4n) is 2.27. The van der Waals surface area contributed by atoms with Crippen LogP contribution in [0.25, 0.3) is 0 Å². The van der Waals surface area contributed by atoms with Gasteiger partial charge in [0.05, 0.1) is 6.04 Å². The van der Waals surface area contributed by atoms with E-state index in [1.807, 2.05) is 0 Å². The first-order valence-corrected chi connectivity index (χ1v) is 5.85. The number of carbonyl (C=O) groups is 1. The zero-order valence-electron chi connectivity index (χ0n) is 10.2. The van der Waals surface area contributed by atoms with Crippen molar-refractivity contribution >= 4 is 11.7 Å². The largest absolute Gasteiger partial charge is 0.507 e. The maximum Gasteiger partial charge on any atom is 0.262 e. The van der Waals surface area contributed by atoms with Crippen LogP contribution < -0.4 is 5.73 Å². The van der Waals surface area contributed by atoms with Crippen molar-refractivity contribution in [2.24, 2.45) is 10.9 Å². The van der Waals surface area contributed by atoms with Crippen molar-refractivity contribution in [3.63, 3.8) is 0 Å². The Morgan fingerprint density at radius 3 is 2.58 bits per heavy atom. The van der Waals surface area contributed by atoms with Gasteiger partial charge in [-0.25, -0.2) is 0 Å². The van der Waals surface area contributed by atoms with Crippen molar-refractivity contribution in [1.29, 1.82) is 0 Å². The second-order valence-corrected chi connectivity index (χ2v) is 4.35. The van der Waals surface area contributed by atoms with Crippen LogP contribution in [0.2, 0.25) is 0 Å². The van der Waals surface area contributed by atoms with Gasteiger partial charge in [0.2, 0.25) is 0 Å². The van der Waals surface area contributed by atoms with Crippen LogP contribution in [0.1, 0.15) is 23.2 Å². The summed E-state index contributed by atoms with van der Waals surface area (Å²) in [5, 5.41) is 31.0. The number of amidine groups is 1. The monoisotopic (exact) mass is 265 g/mol. The summed E-state index contributed by atoms with van der Waals surface area (Å²) in [6.07, 6.45) is 1.29. The van der Waals surface area contributed by atoms with Crippen LogP contribution in [0.15, 0.2) is 23.4 Å². The van der Waals surface area contributed by atoms with E-state index in [2.05, 4.69) is 5.16 Å². The minimum Gasteiger partial charge on any atom is -0.507 e. The van der Waals surface area contributed by atoms with Gasteiger partial charge in [0.25, 0.3) is 5.91 Å². The molecule has 19 heavy (non-hydrogen) atoms. The van der Waals surface area contributed by atoms with E-state index >= 15 is 0 Å². The fourth-order valence-corrected chi connectivity index (χ4v) is 2.27. The van der Waals surface area contributed by atoms with E-state index in [0.717, 1.165) is 0 Å². The molecule has 7 nitrogen and oxygen atoms in total. The van der Waals surface area contributed by atoms with Crippen LogP contribution in [0.5, 0.6) is 11.5 Å². The molecule has 0 bridgehead atoms. The van der Waals surface area contributed by atoms with Crippen LogP contribution in [-0.4, -0.2) is 44.6 Å². The number of phenols is 2. The van der Waals surface area contributed by atoms with E-state index in [1.165, 1.54) is 23.1 Å². The van der Waals surface area contributed by atoms with Gasteiger partial charge in [0, 0.05) is 6.54 Å². The number of rotatable bonds is 2. The third-order valence-corrected chi connectivity index (χ3v) is 3.20. The van der Waals surface area contributed by atoms with Crippen molar-refractivity contribution in [2.45, 2.75) is 18.9 Å². The summed E-state index contributed by atoms with van der Waals surface area (Å²) in [6, 6.07) is 3.56. The first-order valence-electron chi connectivity index (χ1n) is 5.85. The van der Waals surface area contributed by atoms with Gasteiger partial charge >= 0.3 is 0 Å². The SMILES string of the molecule is N/C(=N/O)C1CCCN1C(=O)c1c(O)cccc1O. The molecule has 1 heterocycles. The zero-order valence-corrected chi connectivity index (χ0v) is 10.2. The fraction of sp³-hybridized carbons (Fsp3) is 0.333. The van der Waals surface area contributed by atoms with Crippen LogP contribution in [0, 0.1) is 0 Å². The molecule has 1 unspecified atom stereocenters. The number of carbonyl (C=O) groups excluding carboxylic acids is 1. The average molecular weight is 265 g/mol. The number of oxime groups is 1. The molecule has 0 aromatic heterocycles. The molecule has 1 aromatic carbocycles. The third-order valence-electron chi connectivity index (χ3n) is 3.20. The molecule has 2 rings (SSSR count). The van der Waals surface area contributed by atoms with Gasteiger partial charge in [0.15, 0.2) is 5.84 Å². The van der Waals surface area contributed by atoms with E-state index < -0.39 is 11.9 Å². The number of hydrogen-bond acceptors (Lipinski definition) is 5. The standard InChI is InChI=1S/C12H15N3O4/c13-11(14-19)7-3-2-6-15(7)12(18)10-8(16)4-1-5-9(10)17/h1,4-5,7,16-17,19H,2-3,6H2,(H2,13,14). The van der Waals surface area contributed by atoms with Crippen LogP contribution in [-0.2, 0) is 0 Å². The van der Waals surface area contributed by atoms with Gasteiger partial charge in [-0.05, 0) is 25.0 Å². The highest BCUT2D eigenvalue weighted by molar-refractivity contribution is 6.02. The maximum absolute atomic E-state index is 12.3. The highest BCUT2D eigenvalue weighted by Gasteiger charge is 2.34. The Balaban J connectivity index is 2.34. The molecule has 0 saturated carbocycles. The normalized spacial score (nSPS) is 19.7. The Hall–Kier alpha value is -2.44. The first-order chi connectivity index (χ1) is 9.06. The Morgan fingerprint density at radius 2 is 2.00 bits per heavy atom. The van der Waals surface area contributed by atoms with Gasteiger partial charge in [-0.15, -0.1) is 0 Å². The summed E-state index contributed by atoms with van der Waals surface area (Å²) in [4.78, 5) is 13.7. The number of nitrogens with zero attached hydrogens (tertiary/aromatic N) is 2. The lowest BCUT2D eigenvalue weighted by atomic mass is 10.1. The second kappa shape index (κ2) is 5.05. The number of phenolic OH excluding ortho intramolecular Hbond substituents is 2. The van der Waals surface area contributed by atoms with Crippen molar-refractivity contribution in [2.75, 3.05) is 6.54 Å². The molecule has 1 fully saturated rings. The molecule has 0 spiro atoms. The predicted molar refractivity (Wildman–Crippen MR) is 67.2 cm³/mol. The van der Waals surface area contributed by atoms with Gasteiger partial charge < -0.3 is 26.1 Å². The molecule has 0 radical (unpaired) electrons. The minimum atomic E-state index is -0.537. The summed E-state index contributed by atoms with van der Waals surface area (Å²) in [5.41, 5.74) is 5.38. The number of aromatic hydroxyl groups is 2. The molecule has 1 atom stereocenters. The Morgan fingerprint density at radius 1 is 1.37 bits per heavy atom. The lowest BCUT2D eigenvalue weighted by Gasteiger charge is -2.24. The molecule has 0 aliphatic carbocycles. The van der Waals surface area contributed by atoms with E-state index in [4.69, 9.17) is 10.9 Å². The van der Waals surface area contributed by atoms with E-state index in [1.54, 1.807) is 0 Å². The molecule has 1 aliphatic rings. The van der Waals surface area contributed by atoms with Gasteiger partial charge in [-0.1, -0.05) is 11.2 Å². The number of hydrogen-bond donors (Lipinski definition) is 4. The van der Waals surface area contributed by atoms with Crippen LogP contribution >= 0.6 is 0 Å². The van der Waals surface area contributed by atoms with Gasteiger partial charge in [-0.2, -0.15) is 0 Å². The Kier molecular flexibility index (Phi) is 3.46. The summed E-state index contributed by atoms with van der Waals surface area (Å²) in [6.45, 7) is 0.424. The molecule has 102 valence electrons. The summed E-state index contributed by atoms with van der Waals surface area (Å²) in [5.74, 6) is -1.18. The number of benzene rings is 1. The molecule has 7 heteroatoms. The van der Waals surface area contributed by atoms with Crippen molar-refractivity contribution in [1.82, 2.24) is 4.90 Å². The topological polar surface area (TPSA) is 119 Å². The highest BCUT2D eigenvalue weighted by atomic mass is 16.4. The average Bonchev–Trinajstić information content (AvgIpc) is 2.86. The Bertz CT molecular complexity index is 509. The van der Waals surface area contributed by atoms with Crippen molar-refractivity contribution in [3.8, 4) is 11.5 Å². The van der Waals surface area contributed by atoms with E-state index in [-0.39, 0.29) is 22.9 Å². The molecular formula is C12H15N3O4. The molecule has 1 aromatic rings. The van der Waals surface area contributed by atoms with E-state index in [0.29, 0.717) is 19.4 Å². The third kappa shape index (κ3) is 2.26. The van der Waals surface area contributed by atoms with Crippen molar-refractivity contribution in [3.05, 3.63) is 23.8 Å². The lowest BCUT2D eigenvalue weighted by molar-refractivity contribution is 0.0761. The number of amides is 1. The smallest absolute Gasteiger partial charge is 0.262 e. The first kappa shape index (κ1) is 13.0. The predicted octanol–water partition coefficient (Wildman–Crippen LogP) is 0.449. The molecule has 1 aliphatic heterocycles. The van der Waals surface area contributed by atoms with Crippen LogP contribution in [0.4, 0.5) is 0 Å². The second-order valence-electron chi connectivity index (χ2n) is 4.35. The van der Waals surface area contributed by atoms with Crippen LogP contribution in [0.3, 0.4) is 0 Å². The maximum atomic E-state index is 12.3. The molecule has 5 N–H and O–H groups in total. The Labute approximate surface area is 109 Å². The van der Waals surface area contributed by atoms with Gasteiger partial charge in [0.1, 0.15) is 17.1 Å². The van der Waals surface area contributed by atoms with Crippen molar-refractivity contribution < 1.29 is 20.2 Å². The summed E-state index contributed by atoms with van der Waals surface area (Å²) < 4.78 is 0. The molecule has 1 saturated heterocycles. The summed E-state index contributed by atoms with van der Waals surface area (Å²) >= 11 is 0. The number of nitrogens with two attached hydrogens (primary N) is 1. The van der Waals surface area contributed by atoms with Gasteiger partial charge in [-0.3, -0.25) is 4.79 Å². The lowest BCUT2D eigenvalue weighted by Crippen LogP contribution is -2.43. The quantitative estimate of drug-likeness (QED) is 0.268. The molecular weight excluding hydrogens is 250 g/mol. The summed E-state index contributed by atoms with van der Waals surface area (Å²) in [7, 11) is 0. The van der Waals surface area contributed by atoms with E-state index in [9.17, 15) is 15.0 Å². The zero-order chi connectivity index (χ0) is 14.0. The molecule has 1 amide bonds. The highest BCUT2D eigenvalue weighted by Crippen LogP contribution is 2.30.